The van der Waals surface area contributed by atoms with Crippen LogP contribution < -0.4 is 10.2 Å². The van der Waals surface area contributed by atoms with E-state index in [9.17, 15) is 0 Å². The first kappa shape index (κ1) is 11.9. The first-order valence-electron chi connectivity index (χ1n) is 6.93. The molecule has 18 heavy (non-hydrogen) atoms. The SMILES string of the molecule is c1cc(N2CCC(OC3CCNCC3)C2)ccn1. The van der Waals surface area contributed by atoms with Gasteiger partial charge in [0.1, 0.15) is 0 Å². The van der Waals surface area contributed by atoms with Gasteiger partial charge < -0.3 is 15.0 Å². The Morgan fingerprint density at radius 1 is 1.11 bits per heavy atom. The molecule has 0 bridgehead atoms. The van der Waals surface area contributed by atoms with Crippen molar-refractivity contribution in [3.05, 3.63) is 24.5 Å². The lowest BCUT2D eigenvalue weighted by atomic mass is 10.1. The molecule has 98 valence electrons. The van der Waals surface area contributed by atoms with Crippen LogP contribution in [0.2, 0.25) is 0 Å². The third-order valence-electron chi connectivity index (χ3n) is 3.84. The van der Waals surface area contributed by atoms with E-state index in [1.807, 2.05) is 12.4 Å². The number of anilines is 1. The fourth-order valence-corrected chi connectivity index (χ4v) is 2.83. The van der Waals surface area contributed by atoms with Gasteiger partial charge in [0.2, 0.25) is 0 Å². The van der Waals surface area contributed by atoms with Crippen LogP contribution in [-0.4, -0.2) is 43.4 Å². The summed E-state index contributed by atoms with van der Waals surface area (Å²) in [5.74, 6) is 0. The van der Waals surface area contributed by atoms with Crippen molar-refractivity contribution in [2.45, 2.75) is 31.5 Å². The van der Waals surface area contributed by atoms with Crippen molar-refractivity contribution in [1.29, 1.82) is 0 Å². The molecule has 0 aromatic carbocycles. The van der Waals surface area contributed by atoms with Gasteiger partial charge in [0.25, 0.3) is 0 Å². The van der Waals surface area contributed by atoms with Gasteiger partial charge in [-0.2, -0.15) is 0 Å². The van der Waals surface area contributed by atoms with Gasteiger partial charge in [-0.05, 0) is 44.5 Å². The highest BCUT2D eigenvalue weighted by molar-refractivity contribution is 5.45. The van der Waals surface area contributed by atoms with E-state index in [1.54, 1.807) is 0 Å². The van der Waals surface area contributed by atoms with Crippen LogP contribution >= 0.6 is 0 Å². The standard InChI is InChI=1S/C14H21N3O/c1-6-15-7-2-12(1)17-10-5-14(11-17)18-13-3-8-16-9-4-13/h1-2,6-7,13-14,16H,3-5,8-11H2. The van der Waals surface area contributed by atoms with E-state index in [1.165, 1.54) is 5.69 Å². The van der Waals surface area contributed by atoms with Crippen molar-refractivity contribution in [1.82, 2.24) is 10.3 Å². The van der Waals surface area contributed by atoms with Gasteiger partial charge >= 0.3 is 0 Å². The maximum Gasteiger partial charge on any atom is 0.0770 e. The number of nitrogens with one attached hydrogen (secondary N) is 1. The number of pyridine rings is 1. The summed E-state index contributed by atoms with van der Waals surface area (Å²) < 4.78 is 6.21. The highest BCUT2D eigenvalue weighted by Gasteiger charge is 2.26. The Hall–Kier alpha value is -1.13. The van der Waals surface area contributed by atoms with E-state index in [0.717, 1.165) is 45.4 Å². The van der Waals surface area contributed by atoms with E-state index in [0.29, 0.717) is 12.2 Å². The Morgan fingerprint density at radius 3 is 2.67 bits per heavy atom. The summed E-state index contributed by atoms with van der Waals surface area (Å²) in [5, 5.41) is 3.38. The molecule has 1 aromatic heterocycles. The molecule has 0 spiro atoms. The molecule has 4 heteroatoms. The van der Waals surface area contributed by atoms with Gasteiger partial charge in [-0.25, -0.2) is 0 Å². The molecule has 1 unspecified atom stereocenters. The van der Waals surface area contributed by atoms with Gasteiger partial charge in [0.15, 0.2) is 0 Å². The molecule has 2 aliphatic rings. The van der Waals surface area contributed by atoms with Crippen LogP contribution in [-0.2, 0) is 4.74 Å². The molecule has 0 saturated carbocycles. The number of rotatable bonds is 3. The zero-order chi connectivity index (χ0) is 12.2. The van der Waals surface area contributed by atoms with Crippen molar-refractivity contribution >= 4 is 5.69 Å². The van der Waals surface area contributed by atoms with Gasteiger partial charge in [0, 0.05) is 31.2 Å². The fraction of sp³-hybridized carbons (Fsp3) is 0.643. The number of piperidine rings is 1. The Bertz CT molecular complexity index is 365. The van der Waals surface area contributed by atoms with Crippen LogP contribution in [0.5, 0.6) is 0 Å². The Kier molecular flexibility index (Phi) is 3.76. The molecule has 3 heterocycles. The summed E-state index contributed by atoms with van der Waals surface area (Å²) in [6.45, 7) is 4.32. The highest BCUT2D eigenvalue weighted by Crippen LogP contribution is 2.23. The van der Waals surface area contributed by atoms with E-state index in [2.05, 4.69) is 27.3 Å². The highest BCUT2D eigenvalue weighted by atomic mass is 16.5. The summed E-state index contributed by atoms with van der Waals surface area (Å²) in [4.78, 5) is 6.46. The zero-order valence-electron chi connectivity index (χ0n) is 10.7. The van der Waals surface area contributed by atoms with E-state index < -0.39 is 0 Å². The molecule has 1 N–H and O–H groups in total. The van der Waals surface area contributed by atoms with E-state index >= 15 is 0 Å². The minimum atomic E-state index is 0.404. The second-order valence-electron chi connectivity index (χ2n) is 5.15. The molecular formula is C14H21N3O. The van der Waals surface area contributed by atoms with Gasteiger partial charge in [-0.15, -0.1) is 0 Å². The second kappa shape index (κ2) is 5.67. The number of hydrogen-bond donors (Lipinski definition) is 1. The van der Waals surface area contributed by atoms with Crippen LogP contribution in [0.1, 0.15) is 19.3 Å². The first-order valence-corrected chi connectivity index (χ1v) is 6.93. The molecule has 0 radical (unpaired) electrons. The van der Waals surface area contributed by atoms with Gasteiger partial charge in [-0.1, -0.05) is 0 Å². The van der Waals surface area contributed by atoms with Crippen molar-refractivity contribution < 1.29 is 4.74 Å². The molecule has 4 nitrogen and oxygen atoms in total. The largest absolute Gasteiger partial charge is 0.373 e. The monoisotopic (exact) mass is 247 g/mol. The van der Waals surface area contributed by atoms with Gasteiger partial charge in [-0.3, -0.25) is 4.98 Å². The average Bonchev–Trinajstić information content (AvgIpc) is 2.89. The summed E-state index contributed by atoms with van der Waals surface area (Å²) in [6.07, 6.45) is 8.05. The predicted octanol–water partition coefficient (Wildman–Crippen LogP) is 1.43. The lowest BCUT2D eigenvalue weighted by molar-refractivity contribution is -0.0153. The molecule has 0 aliphatic carbocycles. The zero-order valence-corrected chi connectivity index (χ0v) is 10.7. The second-order valence-corrected chi connectivity index (χ2v) is 5.15. The molecular weight excluding hydrogens is 226 g/mol. The maximum absolute atomic E-state index is 6.21. The predicted molar refractivity (Wildman–Crippen MR) is 71.8 cm³/mol. The lowest BCUT2D eigenvalue weighted by Crippen LogP contribution is -2.35. The topological polar surface area (TPSA) is 37.4 Å². The average molecular weight is 247 g/mol. The third kappa shape index (κ3) is 2.82. The minimum absolute atomic E-state index is 0.404. The smallest absolute Gasteiger partial charge is 0.0770 e. The maximum atomic E-state index is 6.21. The van der Waals surface area contributed by atoms with Crippen molar-refractivity contribution in [3.63, 3.8) is 0 Å². The van der Waals surface area contributed by atoms with E-state index in [-0.39, 0.29) is 0 Å². The first-order chi connectivity index (χ1) is 8.92. The molecule has 1 aromatic rings. The van der Waals surface area contributed by atoms with Crippen LogP contribution in [0.25, 0.3) is 0 Å². The van der Waals surface area contributed by atoms with Crippen LogP contribution in [0.15, 0.2) is 24.5 Å². The summed E-state index contributed by atoms with van der Waals surface area (Å²) in [6, 6.07) is 4.15. The van der Waals surface area contributed by atoms with Crippen LogP contribution in [0.3, 0.4) is 0 Å². The Balaban J connectivity index is 1.52. The van der Waals surface area contributed by atoms with Gasteiger partial charge in [0.05, 0.1) is 12.2 Å². The van der Waals surface area contributed by atoms with Crippen molar-refractivity contribution in [2.24, 2.45) is 0 Å². The third-order valence-corrected chi connectivity index (χ3v) is 3.84. The fourth-order valence-electron chi connectivity index (χ4n) is 2.83. The molecule has 2 saturated heterocycles. The normalized spacial score (nSPS) is 25.6. The van der Waals surface area contributed by atoms with Crippen LogP contribution in [0, 0.1) is 0 Å². The molecule has 0 amide bonds. The van der Waals surface area contributed by atoms with E-state index in [4.69, 9.17) is 4.74 Å². The molecule has 3 rings (SSSR count). The number of nitrogens with zero attached hydrogens (tertiary/aromatic N) is 2. The number of hydrogen-bond acceptors (Lipinski definition) is 4. The quantitative estimate of drug-likeness (QED) is 0.877. The van der Waals surface area contributed by atoms with Crippen LogP contribution in [0.4, 0.5) is 5.69 Å². The summed E-state index contributed by atoms with van der Waals surface area (Å²) >= 11 is 0. The summed E-state index contributed by atoms with van der Waals surface area (Å²) in [5.41, 5.74) is 1.27. The lowest BCUT2D eigenvalue weighted by Gasteiger charge is -2.26. The van der Waals surface area contributed by atoms with Crippen molar-refractivity contribution in [3.8, 4) is 0 Å². The molecule has 1 atom stereocenters. The minimum Gasteiger partial charge on any atom is -0.373 e. The molecule has 2 fully saturated rings. The number of ether oxygens (including phenoxy) is 1. The molecule has 2 aliphatic heterocycles. The number of aromatic nitrogens is 1. The Labute approximate surface area is 108 Å². The Morgan fingerprint density at radius 2 is 1.89 bits per heavy atom. The van der Waals surface area contributed by atoms with Crippen molar-refractivity contribution in [2.75, 3.05) is 31.1 Å². The summed E-state index contributed by atoms with van der Waals surface area (Å²) in [7, 11) is 0.